The number of anilines is 1. The van der Waals surface area contributed by atoms with Gasteiger partial charge in [0.05, 0.1) is 16.6 Å². The fourth-order valence-corrected chi connectivity index (χ4v) is 3.37. The van der Waals surface area contributed by atoms with Gasteiger partial charge in [0.2, 0.25) is 5.91 Å². The molecule has 24 heavy (non-hydrogen) atoms. The summed E-state index contributed by atoms with van der Waals surface area (Å²) in [5, 5.41) is 4.27. The monoisotopic (exact) mass is 362 g/mol. The van der Waals surface area contributed by atoms with Crippen molar-refractivity contribution in [1.29, 1.82) is 0 Å². The molecule has 5 heteroatoms. The summed E-state index contributed by atoms with van der Waals surface area (Å²) in [7, 11) is 0. The molecule has 1 N–H and O–H groups in total. The van der Waals surface area contributed by atoms with Crippen molar-refractivity contribution < 1.29 is 4.79 Å². The number of nitrogens with one attached hydrogen (secondary N) is 1. The summed E-state index contributed by atoms with van der Waals surface area (Å²) in [5.41, 5.74) is 1.89. The minimum atomic E-state index is -0.0117. The number of carbonyl (C=O) groups excluding carboxylic acids is 1. The normalized spacial score (nSPS) is 18.3. The zero-order valence-corrected chi connectivity index (χ0v) is 14.9. The number of amides is 1. The van der Waals surface area contributed by atoms with E-state index in [9.17, 15) is 4.79 Å². The van der Waals surface area contributed by atoms with E-state index in [1.165, 1.54) is 5.56 Å². The number of rotatable bonds is 4. The molecule has 1 saturated heterocycles. The lowest BCUT2D eigenvalue weighted by atomic mass is 9.96. The van der Waals surface area contributed by atoms with Crippen LogP contribution in [0.2, 0.25) is 10.0 Å². The molecule has 0 saturated carbocycles. The number of hydrogen-bond acceptors (Lipinski definition) is 2. The number of piperidine rings is 1. The third kappa shape index (κ3) is 4.50. The highest BCUT2D eigenvalue weighted by Crippen LogP contribution is 2.24. The zero-order chi connectivity index (χ0) is 16.9. The fraction of sp³-hybridized carbons (Fsp3) is 0.316. The molecule has 0 radical (unpaired) electrons. The zero-order valence-electron chi connectivity index (χ0n) is 13.3. The number of hydrogen-bond donors (Lipinski definition) is 1. The Morgan fingerprint density at radius 1 is 1.12 bits per heavy atom. The minimum absolute atomic E-state index is 0.0117. The van der Waals surface area contributed by atoms with E-state index in [0.29, 0.717) is 10.7 Å². The van der Waals surface area contributed by atoms with Crippen molar-refractivity contribution in [3.05, 3.63) is 64.1 Å². The average molecular weight is 363 g/mol. The van der Waals surface area contributed by atoms with E-state index in [1.807, 2.05) is 42.5 Å². The van der Waals surface area contributed by atoms with Crippen molar-refractivity contribution in [2.45, 2.75) is 19.4 Å². The molecule has 0 bridgehead atoms. The first-order valence-corrected chi connectivity index (χ1v) is 8.89. The van der Waals surface area contributed by atoms with Gasteiger partial charge in [-0.15, -0.1) is 0 Å². The maximum absolute atomic E-state index is 12.5. The van der Waals surface area contributed by atoms with E-state index in [-0.39, 0.29) is 11.8 Å². The summed E-state index contributed by atoms with van der Waals surface area (Å²) in [5.74, 6) is 0.0335. The molecule has 1 amide bonds. The summed E-state index contributed by atoms with van der Waals surface area (Å²) in [4.78, 5) is 14.9. The predicted octanol–water partition coefficient (Wildman–Crippen LogP) is 4.84. The van der Waals surface area contributed by atoms with Crippen LogP contribution in [0.4, 0.5) is 5.69 Å². The number of halogens is 2. The second-order valence-corrected chi connectivity index (χ2v) is 7.01. The Bertz CT molecular complexity index is 703. The molecule has 0 unspecified atom stereocenters. The van der Waals surface area contributed by atoms with E-state index in [0.717, 1.165) is 37.5 Å². The Morgan fingerprint density at radius 3 is 2.62 bits per heavy atom. The van der Waals surface area contributed by atoms with Crippen molar-refractivity contribution in [3.63, 3.8) is 0 Å². The van der Waals surface area contributed by atoms with Gasteiger partial charge < -0.3 is 5.32 Å². The van der Waals surface area contributed by atoms with Crippen LogP contribution in [0.1, 0.15) is 18.4 Å². The van der Waals surface area contributed by atoms with Gasteiger partial charge in [0.1, 0.15) is 0 Å². The van der Waals surface area contributed by atoms with Crippen LogP contribution < -0.4 is 5.32 Å². The van der Waals surface area contributed by atoms with Gasteiger partial charge in [0, 0.05) is 18.1 Å². The van der Waals surface area contributed by atoms with Gasteiger partial charge in [-0.3, -0.25) is 9.69 Å². The number of likely N-dealkylation sites (tertiary alicyclic amines) is 1. The number of para-hydroxylation sites is 1. The molecule has 1 fully saturated rings. The van der Waals surface area contributed by atoms with Crippen LogP contribution in [0.15, 0.2) is 48.5 Å². The lowest BCUT2D eigenvalue weighted by molar-refractivity contribution is -0.121. The van der Waals surface area contributed by atoms with Crippen molar-refractivity contribution in [2.24, 2.45) is 5.92 Å². The first-order chi connectivity index (χ1) is 11.6. The summed E-state index contributed by atoms with van der Waals surface area (Å²) in [6, 6.07) is 15.2. The quantitative estimate of drug-likeness (QED) is 0.843. The van der Waals surface area contributed by atoms with Crippen LogP contribution in [-0.4, -0.2) is 23.9 Å². The van der Waals surface area contributed by atoms with Gasteiger partial charge in [0.15, 0.2) is 0 Å². The van der Waals surface area contributed by atoms with Gasteiger partial charge in [-0.25, -0.2) is 0 Å². The Morgan fingerprint density at radius 2 is 1.88 bits per heavy atom. The molecule has 1 aliphatic heterocycles. The minimum Gasteiger partial charge on any atom is -0.324 e. The van der Waals surface area contributed by atoms with Gasteiger partial charge >= 0.3 is 0 Å². The van der Waals surface area contributed by atoms with Gasteiger partial charge in [-0.05, 0) is 49.2 Å². The van der Waals surface area contributed by atoms with Gasteiger partial charge in [-0.1, -0.05) is 47.5 Å². The molecule has 1 atom stereocenters. The molecule has 126 valence electrons. The molecular formula is C19H20Cl2N2O. The highest BCUT2D eigenvalue weighted by Gasteiger charge is 2.26. The molecule has 2 aromatic carbocycles. The van der Waals surface area contributed by atoms with Gasteiger partial charge in [-0.2, -0.15) is 0 Å². The third-order valence-corrected chi connectivity index (χ3v) is 4.91. The maximum Gasteiger partial charge on any atom is 0.228 e. The topological polar surface area (TPSA) is 32.3 Å². The molecule has 0 spiro atoms. The number of carbonyl (C=O) groups is 1. The SMILES string of the molecule is O=C(Nc1ccccc1Cl)[C@H]1CCCN(Cc2ccc(Cl)cc2)C1. The largest absolute Gasteiger partial charge is 0.324 e. The first kappa shape index (κ1) is 17.3. The van der Waals surface area contributed by atoms with Crippen LogP contribution in [-0.2, 0) is 11.3 Å². The van der Waals surface area contributed by atoms with Crippen LogP contribution >= 0.6 is 23.2 Å². The van der Waals surface area contributed by atoms with Crippen LogP contribution in [0.3, 0.4) is 0 Å². The summed E-state index contributed by atoms with van der Waals surface area (Å²) in [6.45, 7) is 2.62. The van der Waals surface area contributed by atoms with E-state index in [4.69, 9.17) is 23.2 Å². The molecule has 3 rings (SSSR count). The molecule has 1 aliphatic rings. The van der Waals surface area contributed by atoms with Crippen molar-refractivity contribution in [3.8, 4) is 0 Å². The highest BCUT2D eigenvalue weighted by molar-refractivity contribution is 6.33. The number of benzene rings is 2. The van der Waals surface area contributed by atoms with E-state index in [2.05, 4.69) is 10.2 Å². The molecule has 2 aromatic rings. The van der Waals surface area contributed by atoms with Crippen molar-refractivity contribution in [1.82, 2.24) is 4.90 Å². The Kier molecular flexibility index (Phi) is 5.77. The van der Waals surface area contributed by atoms with E-state index >= 15 is 0 Å². The molecule has 0 aliphatic carbocycles. The Labute approximate surface area is 152 Å². The van der Waals surface area contributed by atoms with Crippen LogP contribution in [0.25, 0.3) is 0 Å². The second kappa shape index (κ2) is 8.02. The second-order valence-electron chi connectivity index (χ2n) is 6.17. The summed E-state index contributed by atoms with van der Waals surface area (Å²) >= 11 is 12.1. The Hall–Kier alpha value is -1.55. The lowest BCUT2D eigenvalue weighted by Crippen LogP contribution is -2.40. The standard InChI is InChI=1S/C19H20Cl2N2O/c20-16-9-7-14(8-10-16)12-23-11-3-4-15(13-23)19(24)22-18-6-2-1-5-17(18)21/h1-2,5-10,15H,3-4,11-13H2,(H,22,24)/t15-/m0/s1. The molecular weight excluding hydrogens is 343 g/mol. The van der Waals surface area contributed by atoms with Crippen LogP contribution in [0.5, 0.6) is 0 Å². The third-order valence-electron chi connectivity index (χ3n) is 4.33. The summed E-state index contributed by atoms with van der Waals surface area (Å²) in [6.07, 6.45) is 1.93. The van der Waals surface area contributed by atoms with Crippen molar-refractivity contribution >= 4 is 34.8 Å². The van der Waals surface area contributed by atoms with E-state index < -0.39 is 0 Å². The van der Waals surface area contributed by atoms with Crippen LogP contribution in [0, 0.1) is 5.92 Å². The maximum atomic E-state index is 12.5. The summed E-state index contributed by atoms with van der Waals surface area (Å²) < 4.78 is 0. The first-order valence-electron chi connectivity index (χ1n) is 8.14. The molecule has 3 nitrogen and oxygen atoms in total. The highest BCUT2D eigenvalue weighted by atomic mass is 35.5. The predicted molar refractivity (Wildman–Crippen MR) is 99.5 cm³/mol. The molecule has 0 aromatic heterocycles. The Balaban J connectivity index is 1.59. The van der Waals surface area contributed by atoms with Crippen molar-refractivity contribution in [2.75, 3.05) is 18.4 Å². The lowest BCUT2D eigenvalue weighted by Gasteiger charge is -2.32. The van der Waals surface area contributed by atoms with Gasteiger partial charge in [0.25, 0.3) is 0 Å². The smallest absolute Gasteiger partial charge is 0.228 e. The van der Waals surface area contributed by atoms with E-state index in [1.54, 1.807) is 6.07 Å². The number of nitrogens with zero attached hydrogens (tertiary/aromatic N) is 1. The molecule has 1 heterocycles. The average Bonchev–Trinajstić information content (AvgIpc) is 2.59. The fourth-order valence-electron chi connectivity index (χ4n) is 3.06.